The van der Waals surface area contributed by atoms with E-state index in [1.54, 1.807) is 7.11 Å². The third-order valence-corrected chi connectivity index (χ3v) is 5.02. The van der Waals surface area contributed by atoms with Gasteiger partial charge in [-0.25, -0.2) is 0 Å². The Morgan fingerprint density at radius 2 is 2.09 bits per heavy atom. The van der Waals surface area contributed by atoms with Crippen molar-refractivity contribution in [2.75, 3.05) is 33.4 Å². The lowest BCUT2D eigenvalue weighted by Crippen LogP contribution is -2.66. The maximum absolute atomic E-state index is 12.4. The van der Waals surface area contributed by atoms with Crippen molar-refractivity contribution in [2.24, 2.45) is 5.92 Å². The molecule has 120 valence electrons. The van der Waals surface area contributed by atoms with Crippen LogP contribution in [0.2, 0.25) is 0 Å². The number of ether oxygens (including phenoxy) is 2. The Bertz CT molecular complexity index is 520. The summed E-state index contributed by atoms with van der Waals surface area (Å²) in [7, 11) is 1.74. The zero-order valence-corrected chi connectivity index (χ0v) is 13.5. The summed E-state index contributed by atoms with van der Waals surface area (Å²) in [6.07, 6.45) is 2.60. The molecule has 0 saturated carbocycles. The Morgan fingerprint density at radius 3 is 2.77 bits per heavy atom. The molecule has 2 aliphatic rings. The van der Waals surface area contributed by atoms with Crippen molar-refractivity contribution in [3.8, 4) is 0 Å². The number of carbonyl (C=O) groups is 1. The summed E-state index contributed by atoms with van der Waals surface area (Å²) >= 11 is 0. The number of hydrogen-bond donors (Lipinski definition) is 0. The summed E-state index contributed by atoms with van der Waals surface area (Å²) in [5.74, 6) is 0.728. The van der Waals surface area contributed by atoms with E-state index in [1.807, 2.05) is 17.0 Å². The number of amides is 1. The monoisotopic (exact) mass is 303 g/mol. The number of rotatable bonds is 5. The Labute approximate surface area is 132 Å². The van der Waals surface area contributed by atoms with Crippen LogP contribution in [-0.2, 0) is 20.7 Å². The molecule has 0 aromatic heterocycles. The van der Waals surface area contributed by atoms with Crippen molar-refractivity contribution in [2.45, 2.75) is 31.8 Å². The molecule has 1 aromatic carbocycles. The fourth-order valence-electron chi connectivity index (χ4n) is 3.57. The molecule has 1 aromatic rings. The molecule has 1 spiro atoms. The van der Waals surface area contributed by atoms with Crippen molar-refractivity contribution >= 4 is 5.91 Å². The van der Waals surface area contributed by atoms with Gasteiger partial charge in [0.05, 0.1) is 19.5 Å². The molecule has 2 saturated heterocycles. The van der Waals surface area contributed by atoms with Gasteiger partial charge < -0.3 is 14.4 Å². The van der Waals surface area contributed by atoms with Crippen molar-refractivity contribution in [1.82, 2.24) is 4.90 Å². The van der Waals surface area contributed by atoms with Gasteiger partial charge >= 0.3 is 0 Å². The van der Waals surface area contributed by atoms with E-state index in [-0.39, 0.29) is 11.5 Å². The van der Waals surface area contributed by atoms with E-state index >= 15 is 0 Å². The molecule has 2 fully saturated rings. The Balaban J connectivity index is 1.53. The molecule has 0 bridgehead atoms. The fourth-order valence-corrected chi connectivity index (χ4v) is 3.57. The molecule has 22 heavy (non-hydrogen) atoms. The first-order chi connectivity index (χ1) is 10.6. The van der Waals surface area contributed by atoms with E-state index in [9.17, 15) is 4.79 Å². The van der Waals surface area contributed by atoms with Crippen LogP contribution in [0.25, 0.3) is 0 Å². The van der Waals surface area contributed by atoms with Gasteiger partial charge in [-0.1, -0.05) is 29.8 Å². The van der Waals surface area contributed by atoms with E-state index in [4.69, 9.17) is 9.47 Å². The number of carbonyl (C=O) groups excluding carboxylic acids is 1. The molecule has 0 aliphatic carbocycles. The molecule has 1 atom stereocenters. The molecular formula is C18H25NO3. The molecule has 2 heterocycles. The van der Waals surface area contributed by atoms with Gasteiger partial charge in [0.15, 0.2) is 0 Å². The summed E-state index contributed by atoms with van der Waals surface area (Å²) in [6, 6.07) is 8.19. The molecule has 3 rings (SSSR count). The van der Waals surface area contributed by atoms with E-state index in [2.05, 4.69) is 19.1 Å². The highest BCUT2D eigenvalue weighted by molar-refractivity contribution is 5.80. The summed E-state index contributed by atoms with van der Waals surface area (Å²) < 4.78 is 11.2. The second kappa shape index (κ2) is 6.39. The topological polar surface area (TPSA) is 38.8 Å². The summed E-state index contributed by atoms with van der Waals surface area (Å²) in [6.45, 7) is 5.13. The summed E-state index contributed by atoms with van der Waals surface area (Å²) in [5.41, 5.74) is 2.21. The van der Waals surface area contributed by atoms with Crippen molar-refractivity contribution < 1.29 is 14.3 Å². The minimum absolute atomic E-state index is 0.0958. The Hall–Kier alpha value is -1.39. The lowest BCUT2D eigenvalue weighted by Gasteiger charge is -2.50. The first-order valence-electron chi connectivity index (χ1n) is 8.09. The van der Waals surface area contributed by atoms with Crippen molar-refractivity contribution in [3.63, 3.8) is 0 Å². The lowest BCUT2D eigenvalue weighted by molar-refractivity contribution is -0.165. The SMILES string of the molecule is COCC[C@H]1CCOC12CN(C(=O)Cc1ccc(C)cc1)C2. The summed E-state index contributed by atoms with van der Waals surface area (Å²) in [5, 5.41) is 0. The van der Waals surface area contributed by atoms with Gasteiger partial charge in [0.1, 0.15) is 5.60 Å². The first-order valence-corrected chi connectivity index (χ1v) is 8.09. The summed E-state index contributed by atoms with van der Waals surface area (Å²) in [4.78, 5) is 14.3. The number of aryl methyl sites for hydroxylation is 1. The van der Waals surface area contributed by atoms with Crippen LogP contribution in [0.15, 0.2) is 24.3 Å². The van der Waals surface area contributed by atoms with Gasteiger partial charge in [0, 0.05) is 20.3 Å². The van der Waals surface area contributed by atoms with Gasteiger partial charge in [-0.15, -0.1) is 0 Å². The van der Waals surface area contributed by atoms with Gasteiger partial charge in [-0.2, -0.15) is 0 Å². The number of benzene rings is 1. The van der Waals surface area contributed by atoms with Crippen LogP contribution < -0.4 is 0 Å². The maximum atomic E-state index is 12.4. The number of methoxy groups -OCH3 is 1. The normalized spacial score (nSPS) is 22.8. The molecule has 0 N–H and O–H groups in total. The van der Waals surface area contributed by atoms with Crippen LogP contribution in [-0.4, -0.2) is 49.8 Å². The number of nitrogens with zero attached hydrogens (tertiary/aromatic N) is 1. The maximum Gasteiger partial charge on any atom is 0.227 e. The lowest BCUT2D eigenvalue weighted by atomic mass is 9.79. The van der Waals surface area contributed by atoms with E-state index in [0.29, 0.717) is 12.3 Å². The van der Waals surface area contributed by atoms with Gasteiger partial charge in [-0.05, 0) is 31.2 Å². The average Bonchev–Trinajstić information content (AvgIpc) is 2.89. The molecule has 4 heteroatoms. The minimum Gasteiger partial charge on any atom is -0.385 e. The van der Waals surface area contributed by atoms with Gasteiger partial charge in [0.2, 0.25) is 5.91 Å². The molecule has 0 unspecified atom stereocenters. The largest absolute Gasteiger partial charge is 0.385 e. The quantitative estimate of drug-likeness (QED) is 0.837. The standard InChI is InChI=1S/C18H25NO3/c1-14-3-5-15(6-4-14)11-17(20)19-12-18(13-19)16(7-9-21-2)8-10-22-18/h3-6,16H,7-13H2,1-2H3/t16-/m0/s1. The van der Waals surface area contributed by atoms with Crippen molar-refractivity contribution in [1.29, 1.82) is 0 Å². The van der Waals surface area contributed by atoms with Gasteiger partial charge in [-0.3, -0.25) is 4.79 Å². The first kappa shape index (κ1) is 15.5. The highest BCUT2D eigenvalue weighted by Crippen LogP contribution is 2.41. The third kappa shape index (κ3) is 3.03. The Kier molecular flexibility index (Phi) is 4.50. The molecule has 1 amide bonds. The Morgan fingerprint density at radius 1 is 1.36 bits per heavy atom. The van der Waals surface area contributed by atoms with E-state index < -0.39 is 0 Å². The molecule has 4 nitrogen and oxygen atoms in total. The highest BCUT2D eigenvalue weighted by atomic mass is 16.5. The number of likely N-dealkylation sites (tertiary alicyclic amines) is 1. The third-order valence-electron chi connectivity index (χ3n) is 5.02. The highest BCUT2D eigenvalue weighted by Gasteiger charge is 2.53. The van der Waals surface area contributed by atoms with Crippen LogP contribution >= 0.6 is 0 Å². The number of hydrogen-bond acceptors (Lipinski definition) is 3. The van der Waals surface area contributed by atoms with Crippen molar-refractivity contribution in [3.05, 3.63) is 35.4 Å². The molecule has 0 radical (unpaired) electrons. The predicted octanol–water partition coefficient (Wildman–Crippen LogP) is 2.19. The molecule has 2 aliphatic heterocycles. The van der Waals surface area contributed by atoms with Gasteiger partial charge in [0.25, 0.3) is 0 Å². The van der Waals surface area contributed by atoms with Crippen LogP contribution in [0, 0.1) is 12.8 Å². The van der Waals surface area contributed by atoms with Crippen LogP contribution in [0.3, 0.4) is 0 Å². The molecular weight excluding hydrogens is 278 g/mol. The zero-order valence-electron chi connectivity index (χ0n) is 13.5. The minimum atomic E-state index is -0.0958. The fraction of sp³-hybridized carbons (Fsp3) is 0.611. The smallest absolute Gasteiger partial charge is 0.227 e. The average molecular weight is 303 g/mol. The van der Waals surface area contributed by atoms with Crippen LogP contribution in [0.4, 0.5) is 0 Å². The second-order valence-corrected chi connectivity index (χ2v) is 6.59. The van der Waals surface area contributed by atoms with E-state index in [0.717, 1.165) is 44.7 Å². The predicted molar refractivity (Wildman–Crippen MR) is 84.7 cm³/mol. The van der Waals surface area contributed by atoms with Crippen LogP contribution in [0.1, 0.15) is 24.0 Å². The van der Waals surface area contributed by atoms with Crippen LogP contribution in [0.5, 0.6) is 0 Å². The zero-order chi connectivity index (χ0) is 15.6. The van der Waals surface area contributed by atoms with E-state index in [1.165, 1.54) is 5.56 Å². The second-order valence-electron chi connectivity index (χ2n) is 6.59.